The molecule has 0 saturated carbocycles. The summed E-state index contributed by atoms with van der Waals surface area (Å²) in [7, 11) is 0. The lowest BCUT2D eigenvalue weighted by atomic mass is 9.95. The monoisotopic (exact) mass is 446 g/mol. The molecule has 2 aromatic carbocycles. The Morgan fingerprint density at radius 1 is 1.16 bits per heavy atom. The summed E-state index contributed by atoms with van der Waals surface area (Å²) in [5.74, 6) is -2.33. The Kier molecular flexibility index (Phi) is 7.01. The van der Waals surface area contributed by atoms with E-state index < -0.39 is 28.4 Å². The summed E-state index contributed by atoms with van der Waals surface area (Å²) in [5.41, 5.74) is -0.0518. The second-order valence-electron chi connectivity index (χ2n) is 6.66. The quantitative estimate of drug-likeness (QED) is 0.159. The molecule has 1 amide bonds. The van der Waals surface area contributed by atoms with E-state index in [1.165, 1.54) is 23.1 Å². The highest BCUT2D eigenvalue weighted by Gasteiger charge is 2.46. The van der Waals surface area contributed by atoms with Gasteiger partial charge < -0.3 is 19.8 Å². The first-order valence-corrected chi connectivity index (χ1v) is 9.71. The lowest BCUT2D eigenvalue weighted by molar-refractivity contribution is -0.384. The van der Waals surface area contributed by atoms with E-state index in [-0.39, 0.29) is 48.2 Å². The summed E-state index contributed by atoms with van der Waals surface area (Å²) in [4.78, 5) is 37.3. The van der Waals surface area contributed by atoms with Crippen molar-refractivity contribution in [3.63, 3.8) is 0 Å². The Morgan fingerprint density at radius 2 is 1.90 bits per heavy atom. The first-order valence-electron chi connectivity index (χ1n) is 9.33. The van der Waals surface area contributed by atoms with Crippen LogP contribution in [0, 0.1) is 10.1 Å². The molecule has 1 heterocycles. The number of amides is 1. The van der Waals surface area contributed by atoms with E-state index in [9.17, 15) is 24.8 Å². The van der Waals surface area contributed by atoms with Crippen molar-refractivity contribution in [1.82, 2.24) is 4.90 Å². The van der Waals surface area contributed by atoms with Crippen LogP contribution in [0.15, 0.2) is 54.1 Å². The molecule has 1 aliphatic heterocycles. The van der Waals surface area contributed by atoms with Gasteiger partial charge in [-0.05, 0) is 11.6 Å². The number of rotatable bonds is 8. The van der Waals surface area contributed by atoms with Crippen LogP contribution < -0.4 is 0 Å². The van der Waals surface area contributed by atoms with Gasteiger partial charge in [0.1, 0.15) is 5.76 Å². The molecule has 0 aromatic heterocycles. The number of halogens is 1. The number of hydrogen-bond donors (Lipinski definition) is 2. The second-order valence-corrected chi connectivity index (χ2v) is 7.06. The Hall–Kier alpha value is -3.27. The zero-order valence-electron chi connectivity index (χ0n) is 16.2. The molecule has 1 saturated heterocycles. The highest BCUT2D eigenvalue weighted by molar-refractivity contribution is 6.47. The fraction of sp³-hybridized carbons (Fsp3) is 0.238. The molecule has 1 aliphatic rings. The molecule has 0 spiro atoms. The molecule has 0 radical (unpaired) electrons. The third-order valence-electron chi connectivity index (χ3n) is 4.78. The van der Waals surface area contributed by atoms with E-state index in [2.05, 4.69) is 0 Å². The van der Waals surface area contributed by atoms with Crippen LogP contribution in [0.5, 0.6) is 0 Å². The van der Waals surface area contributed by atoms with E-state index >= 15 is 0 Å². The van der Waals surface area contributed by atoms with E-state index in [1.54, 1.807) is 24.3 Å². The number of Topliss-reactive ketones (excluding diaryl/α,β-unsaturated/α-hetero) is 1. The van der Waals surface area contributed by atoms with Crippen molar-refractivity contribution in [2.45, 2.75) is 6.04 Å². The number of hydrogen-bond acceptors (Lipinski definition) is 7. The Bertz CT molecular complexity index is 1050. The van der Waals surface area contributed by atoms with Gasteiger partial charge in [0.15, 0.2) is 0 Å². The van der Waals surface area contributed by atoms with Crippen molar-refractivity contribution in [2.24, 2.45) is 0 Å². The molecule has 0 aliphatic carbocycles. The van der Waals surface area contributed by atoms with Crippen LogP contribution in [-0.4, -0.2) is 58.1 Å². The zero-order chi connectivity index (χ0) is 22.5. The lowest BCUT2D eigenvalue weighted by Crippen LogP contribution is -2.33. The molecular formula is C21H19ClN2O7. The average molecular weight is 447 g/mol. The van der Waals surface area contributed by atoms with Crippen molar-refractivity contribution in [1.29, 1.82) is 0 Å². The van der Waals surface area contributed by atoms with Crippen LogP contribution in [0.2, 0.25) is 5.02 Å². The number of nitrogens with zero attached hydrogens (tertiary/aromatic N) is 2. The number of aliphatic hydroxyl groups excluding tert-OH is 2. The van der Waals surface area contributed by atoms with Gasteiger partial charge in [0.05, 0.1) is 36.4 Å². The standard InChI is InChI=1S/C21H19ClN2O7/c22-16-7-2-1-6-15(16)18-17(19(26)13-4-3-5-14(12-13)24(29)30)20(27)21(28)23(18)8-10-31-11-9-25/h1-7,12,18,25-26H,8-11H2/b19-17+. The Labute approximate surface area is 182 Å². The van der Waals surface area contributed by atoms with Crippen LogP contribution in [0.3, 0.4) is 0 Å². The van der Waals surface area contributed by atoms with Crippen LogP contribution in [0.1, 0.15) is 17.2 Å². The van der Waals surface area contributed by atoms with Crippen molar-refractivity contribution >= 4 is 34.7 Å². The number of likely N-dealkylation sites (tertiary alicyclic amines) is 1. The van der Waals surface area contributed by atoms with Crippen molar-refractivity contribution < 1.29 is 29.5 Å². The van der Waals surface area contributed by atoms with Crippen LogP contribution >= 0.6 is 11.6 Å². The van der Waals surface area contributed by atoms with Gasteiger partial charge in [-0.2, -0.15) is 0 Å². The van der Waals surface area contributed by atoms with Gasteiger partial charge in [-0.25, -0.2) is 0 Å². The molecule has 31 heavy (non-hydrogen) atoms. The highest BCUT2D eigenvalue weighted by Crippen LogP contribution is 2.41. The van der Waals surface area contributed by atoms with Crippen LogP contribution in [0.4, 0.5) is 5.69 Å². The summed E-state index contributed by atoms with van der Waals surface area (Å²) in [6.45, 7) is -0.0779. The minimum absolute atomic E-state index is 0.00613. The first kappa shape index (κ1) is 22.4. The molecule has 3 rings (SSSR count). The Balaban J connectivity index is 2.12. The maximum Gasteiger partial charge on any atom is 0.295 e. The summed E-state index contributed by atoms with van der Waals surface area (Å²) < 4.78 is 5.22. The minimum atomic E-state index is -1.01. The molecule has 1 fully saturated rings. The van der Waals surface area contributed by atoms with Gasteiger partial charge >= 0.3 is 0 Å². The fourth-order valence-electron chi connectivity index (χ4n) is 3.38. The summed E-state index contributed by atoms with van der Waals surface area (Å²) in [6, 6.07) is 10.7. The molecule has 0 bridgehead atoms. The molecule has 1 atom stereocenters. The fourth-order valence-corrected chi connectivity index (χ4v) is 3.62. The van der Waals surface area contributed by atoms with E-state index in [0.717, 1.165) is 6.07 Å². The van der Waals surface area contributed by atoms with Gasteiger partial charge in [0.2, 0.25) is 0 Å². The van der Waals surface area contributed by atoms with E-state index in [4.69, 9.17) is 21.4 Å². The number of benzene rings is 2. The number of carbonyl (C=O) groups is 2. The number of ether oxygens (including phenoxy) is 1. The largest absolute Gasteiger partial charge is 0.507 e. The van der Waals surface area contributed by atoms with Gasteiger partial charge in [-0.3, -0.25) is 19.7 Å². The molecule has 10 heteroatoms. The molecular weight excluding hydrogens is 428 g/mol. The third-order valence-corrected chi connectivity index (χ3v) is 5.13. The van der Waals surface area contributed by atoms with Crippen LogP contribution in [0.25, 0.3) is 5.76 Å². The molecule has 162 valence electrons. The number of ketones is 1. The minimum Gasteiger partial charge on any atom is -0.507 e. The molecule has 2 aromatic rings. The summed E-state index contributed by atoms with van der Waals surface area (Å²) in [6.07, 6.45) is 0. The predicted molar refractivity (Wildman–Crippen MR) is 111 cm³/mol. The summed E-state index contributed by atoms with van der Waals surface area (Å²) >= 11 is 6.32. The number of nitro benzene ring substituents is 1. The number of carbonyl (C=O) groups excluding carboxylic acids is 2. The van der Waals surface area contributed by atoms with E-state index in [0.29, 0.717) is 5.56 Å². The lowest BCUT2D eigenvalue weighted by Gasteiger charge is -2.26. The highest BCUT2D eigenvalue weighted by atomic mass is 35.5. The zero-order valence-corrected chi connectivity index (χ0v) is 17.0. The van der Waals surface area contributed by atoms with Gasteiger partial charge in [-0.1, -0.05) is 41.9 Å². The van der Waals surface area contributed by atoms with Crippen molar-refractivity contribution in [2.75, 3.05) is 26.4 Å². The average Bonchev–Trinajstić information content (AvgIpc) is 3.01. The number of aliphatic hydroxyl groups is 2. The Morgan fingerprint density at radius 3 is 2.58 bits per heavy atom. The van der Waals surface area contributed by atoms with E-state index in [1.807, 2.05) is 0 Å². The van der Waals surface area contributed by atoms with Gasteiger partial charge in [-0.15, -0.1) is 0 Å². The SMILES string of the molecule is O=C1C(=O)N(CCOCCO)C(c2ccccc2Cl)/C1=C(\O)c1cccc([N+](=O)[O-])c1. The second kappa shape index (κ2) is 9.69. The molecule has 1 unspecified atom stereocenters. The number of nitro groups is 1. The van der Waals surface area contributed by atoms with Crippen LogP contribution in [-0.2, 0) is 14.3 Å². The maximum absolute atomic E-state index is 12.9. The van der Waals surface area contributed by atoms with Gasteiger partial charge in [0.25, 0.3) is 17.4 Å². The third kappa shape index (κ3) is 4.58. The number of non-ortho nitro benzene ring substituents is 1. The maximum atomic E-state index is 12.9. The molecule has 2 N–H and O–H groups in total. The van der Waals surface area contributed by atoms with Crippen molar-refractivity contribution in [3.8, 4) is 0 Å². The molecule has 9 nitrogen and oxygen atoms in total. The van der Waals surface area contributed by atoms with Crippen molar-refractivity contribution in [3.05, 3.63) is 80.4 Å². The smallest absolute Gasteiger partial charge is 0.295 e. The normalized spacial score (nSPS) is 17.9. The summed E-state index contributed by atoms with van der Waals surface area (Å²) in [5, 5.41) is 31.1. The predicted octanol–water partition coefficient (Wildman–Crippen LogP) is 2.68. The first-order chi connectivity index (χ1) is 14.9. The van der Waals surface area contributed by atoms with Gasteiger partial charge in [0, 0.05) is 29.3 Å². The topological polar surface area (TPSA) is 130 Å².